The molecule has 0 bridgehead atoms. The summed E-state index contributed by atoms with van der Waals surface area (Å²) in [5.74, 6) is -0.477. The van der Waals surface area contributed by atoms with Gasteiger partial charge in [-0.3, -0.25) is 9.59 Å². The average molecular weight is 445 g/mol. The molecule has 0 aliphatic carbocycles. The number of pyridine rings is 1. The molecule has 0 radical (unpaired) electrons. The number of rotatable bonds is 6. The summed E-state index contributed by atoms with van der Waals surface area (Å²) in [6, 6.07) is 15.2. The zero-order valence-electron chi connectivity index (χ0n) is 18.7. The summed E-state index contributed by atoms with van der Waals surface area (Å²) in [6.07, 6.45) is 3.53. The molecule has 0 saturated carbocycles. The van der Waals surface area contributed by atoms with Crippen LogP contribution < -0.4 is 14.5 Å². The maximum atomic E-state index is 13.2. The number of nitrogens with one attached hydrogen (secondary N) is 1. The highest BCUT2D eigenvalue weighted by Gasteiger charge is 2.47. The van der Waals surface area contributed by atoms with Crippen molar-refractivity contribution in [2.45, 2.75) is 19.5 Å². The molecule has 1 aliphatic rings. The monoisotopic (exact) mass is 445 g/mol. The van der Waals surface area contributed by atoms with Crippen LogP contribution in [-0.4, -0.2) is 35.9 Å². The zero-order chi connectivity index (χ0) is 23.5. The van der Waals surface area contributed by atoms with Gasteiger partial charge in [-0.1, -0.05) is 18.2 Å². The number of Topliss-reactive ketones (excluding diaryl/α,β-unsaturated/α-hetero) is 1. The van der Waals surface area contributed by atoms with Crippen LogP contribution in [0.4, 0.5) is 0 Å². The highest BCUT2D eigenvalue weighted by Crippen LogP contribution is 2.43. The Morgan fingerprint density at radius 3 is 2.45 bits per heavy atom. The molecule has 1 aromatic heterocycles. The topological polar surface area (TPSA) is 90.2 Å². The zero-order valence-corrected chi connectivity index (χ0v) is 18.7. The average Bonchev–Trinajstić information content (AvgIpc) is 3.09. The Labute approximate surface area is 191 Å². The Bertz CT molecular complexity index is 1240. The Hall–Kier alpha value is -4.13. The molecule has 0 spiro atoms. The summed E-state index contributed by atoms with van der Waals surface area (Å²) in [4.78, 5) is 30.9. The Morgan fingerprint density at radius 1 is 1.03 bits per heavy atom. The molecule has 7 nitrogen and oxygen atoms in total. The third-order valence-corrected chi connectivity index (χ3v) is 5.77. The number of nitrogens with zero attached hydrogens (tertiary/aromatic N) is 1. The molecule has 3 aromatic rings. The third-order valence-electron chi connectivity index (χ3n) is 5.77. The molecule has 4 rings (SSSR count). The van der Waals surface area contributed by atoms with Gasteiger partial charge in [0.2, 0.25) is 0 Å². The SMILES string of the molecule is COc1ccc(C(O)=C2C(=O)C(=O)N(Cc3ccc[nH+]c3)C2c2ccccc2OC)cc1C. The van der Waals surface area contributed by atoms with Crippen LogP contribution in [0.15, 0.2) is 72.6 Å². The number of ketones is 1. The molecule has 7 heteroatoms. The summed E-state index contributed by atoms with van der Waals surface area (Å²) < 4.78 is 10.8. The summed E-state index contributed by atoms with van der Waals surface area (Å²) >= 11 is 0. The van der Waals surface area contributed by atoms with Crippen molar-refractivity contribution in [3.05, 3.63) is 94.8 Å². The standard InChI is InChI=1S/C26H24N2O5/c1-16-13-18(10-11-20(16)32-2)24(29)22-23(19-8-4-5-9-21(19)33-3)28(26(31)25(22)30)15-17-7-6-12-27-14-17/h4-14,23,29H,15H2,1-3H3/p+1. The normalized spacial score (nSPS) is 17.3. The van der Waals surface area contributed by atoms with Crippen LogP contribution in [0.3, 0.4) is 0 Å². The number of methoxy groups -OCH3 is 2. The van der Waals surface area contributed by atoms with Gasteiger partial charge in [-0.2, -0.15) is 0 Å². The molecular formula is C26H25N2O5+. The predicted molar refractivity (Wildman–Crippen MR) is 122 cm³/mol. The van der Waals surface area contributed by atoms with Gasteiger partial charge >= 0.3 is 0 Å². The van der Waals surface area contributed by atoms with Gasteiger partial charge in [0.15, 0.2) is 12.4 Å². The number of carbonyl (C=O) groups excluding carboxylic acids is 2. The number of hydrogen-bond acceptors (Lipinski definition) is 5. The highest BCUT2D eigenvalue weighted by molar-refractivity contribution is 6.46. The van der Waals surface area contributed by atoms with Gasteiger partial charge in [-0.05, 0) is 42.8 Å². The number of likely N-dealkylation sites (tertiary alicyclic amines) is 1. The number of aromatic nitrogens is 1. The van der Waals surface area contributed by atoms with E-state index in [1.165, 1.54) is 12.0 Å². The van der Waals surface area contributed by atoms with E-state index in [2.05, 4.69) is 4.98 Å². The fourth-order valence-corrected chi connectivity index (χ4v) is 4.17. The summed E-state index contributed by atoms with van der Waals surface area (Å²) in [6.45, 7) is 2.03. The van der Waals surface area contributed by atoms with Crippen LogP contribution in [0, 0.1) is 6.92 Å². The fraction of sp³-hybridized carbons (Fsp3) is 0.192. The van der Waals surface area contributed by atoms with Crippen molar-refractivity contribution in [3.8, 4) is 11.5 Å². The lowest BCUT2D eigenvalue weighted by atomic mass is 9.94. The number of carbonyl (C=O) groups is 2. The molecule has 2 heterocycles. The second kappa shape index (κ2) is 9.16. The smallest absolute Gasteiger partial charge is 0.295 e. The van der Waals surface area contributed by atoms with Crippen LogP contribution in [0.5, 0.6) is 11.5 Å². The van der Waals surface area contributed by atoms with Gasteiger partial charge in [0.1, 0.15) is 17.3 Å². The summed E-state index contributed by atoms with van der Waals surface area (Å²) in [5.41, 5.74) is 2.68. The molecule has 2 N–H and O–H groups in total. The van der Waals surface area contributed by atoms with Crippen LogP contribution in [0.2, 0.25) is 0 Å². The summed E-state index contributed by atoms with van der Waals surface area (Å²) in [5, 5.41) is 11.3. The highest BCUT2D eigenvalue weighted by atomic mass is 16.5. The molecule has 1 amide bonds. The quantitative estimate of drug-likeness (QED) is 0.357. The Balaban J connectivity index is 1.90. The van der Waals surface area contributed by atoms with Crippen molar-refractivity contribution in [2.75, 3.05) is 14.2 Å². The molecule has 168 valence electrons. The van der Waals surface area contributed by atoms with E-state index in [0.717, 1.165) is 11.1 Å². The molecule has 1 atom stereocenters. The van der Waals surface area contributed by atoms with Gasteiger partial charge in [0.05, 0.1) is 32.4 Å². The maximum absolute atomic E-state index is 13.2. The van der Waals surface area contributed by atoms with Crippen molar-refractivity contribution < 1.29 is 29.2 Å². The third kappa shape index (κ3) is 4.05. The lowest BCUT2D eigenvalue weighted by Crippen LogP contribution is -2.29. The molecule has 1 aliphatic heterocycles. The number of aliphatic hydroxyl groups excluding tert-OH is 1. The number of hydrogen-bond donors (Lipinski definition) is 1. The maximum Gasteiger partial charge on any atom is 0.295 e. The summed E-state index contributed by atoms with van der Waals surface area (Å²) in [7, 11) is 3.10. The van der Waals surface area contributed by atoms with E-state index in [-0.39, 0.29) is 17.9 Å². The van der Waals surface area contributed by atoms with Gasteiger partial charge in [0, 0.05) is 22.8 Å². The molecule has 1 saturated heterocycles. The van der Waals surface area contributed by atoms with E-state index in [1.54, 1.807) is 49.8 Å². The first-order valence-corrected chi connectivity index (χ1v) is 10.5. The van der Waals surface area contributed by atoms with Crippen molar-refractivity contribution in [3.63, 3.8) is 0 Å². The van der Waals surface area contributed by atoms with E-state index in [4.69, 9.17) is 9.47 Å². The van der Waals surface area contributed by atoms with Crippen LogP contribution >= 0.6 is 0 Å². The number of H-pyrrole nitrogens is 1. The van der Waals surface area contributed by atoms with Crippen molar-refractivity contribution >= 4 is 17.4 Å². The van der Waals surface area contributed by atoms with Crippen LogP contribution in [0.25, 0.3) is 5.76 Å². The number of benzene rings is 2. The number of para-hydroxylation sites is 1. The van der Waals surface area contributed by atoms with Gasteiger partial charge in [-0.25, -0.2) is 4.98 Å². The van der Waals surface area contributed by atoms with Crippen LogP contribution in [0.1, 0.15) is 28.3 Å². The first kappa shape index (κ1) is 22.1. The lowest BCUT2D eigenvalue weighted by Gasteiger charge is -2.26. The molecule has 2 aromatic carbocycles. The van der Waals surface area contributed by atoms with Gasteiger partial charge < -0.3 is 19.5 Å². The van der Waals surface area contributed by atoms with Crippen molar-refractivity contribution in [1.82, 2.24) is 4.90 Å². The first-order valence-electron chi connectivity index (χ1n) is 10.5. The van der Waals surface area contributed by atoms with Crippen molar-refractivity contribution in [2.24, 2.45) is 0 Å². The molecular weight excluding hydrogens is 420 g/mol. The molecule has 1 unspecified atom stereocenters. The van der Waals surface area contributed by atoms with E-state index in [0.29, 0.717) is 22.6 Å². The fourth-order valence-electron chi connectivity index (χ4n) is 4.17. The van der Waals surface area contributed by atoms with E-state index >= 15 is 0 Å². The van der Waals surface area contributed by atoms with E-state index in [9.17, 15) is 14.7 Å². The molecule has 1 fully saturated rings. The first-order chi connectivity index (χ1) is 16.0. The predicted octanol–water partition coefficient (Wildman–Crippen LogP) is 3.45. The van der Waals surface area contributed by atoms with Crippen LogP contribution in [-0.2, 0) is 16.1 Å². The van der Waals surface area contributed by atoms with E-state index in [1.807, 2.05) is 31.2 Å². The Morgan fingerprint density at radius 2 is 1.79 bits per heavy atom. The largest absolute Gasteiger partial charge is 0.507 e. The number of ether oxygens (including phenoxy) is 2. The number of amides is 1. The minimum Gasteiger partial charge on any atom is -0.507 e. The minimum absolute atomic E-state index is 0.0222. The molecule has 33 heavy (non-hydrogen) atoms. The van der Waals surface area contributed by atoms with Crippen molar-refractivity contribution in [1.29, 1.82) is 0 Å². The lowest BCUT2D eigenvalue weighted by molar-refractivity contribution is -0.378. The van der Waals surface area contributed by atoms with E-state index < -0.39 is 17.7 Å². The number of aliphatic hydroxyl groups is 1. The Kier molecular flexibility index (Phi) is 6.13. The number of aromatic amines is 1. The van der Waals surface area contributed by atoms with Gasteiger partial charge in [-0.15, -0.1) is 0 Å². The second-order valence-electron chi connectivity index (χ2n) is 7.77. The number of aryl methyl sites for hydroxylation is 1. The minimum atomic E-state index is -0.816. The van der Waals surface area contributed by atoms with Gasteiger partial charge in [0.25, 0.3) is 11.7 Å². The second-order valence-corrected chi connectivity index (χ2v) is 7.77.